The molecule has 1 aromatic rings. The summed E-state index contributed by atoms with van der Waals surface area (Å²) in [6.07, 6.45) is 1.73. The average molecular weight is 338 g/mol. The Labute approximate surface area is 140 Å². The fourth-order valence-corrected chi connectivity index (χ4v) is 3.68. The highest BCUT2D eigenvalue weighted by Gasteiger charge is 2.33. The van der Waals surface area contributed by atoms with Crippen molar-refractivity contribution in [3.8, 4) is 5.75 Å². The van der Waals surface area contributed by atoms with Crippen LogP contribution in [0.3, 0.4) is 0 Å². The fraction of sp³-hybridized carbons (Fsp3) is 0.500. The molecule has 0 aliphatic carbocycles. The van der Waals surface area contributed by atoms with Gasteiger partial charge in [-0.2, -0.15) is 11.8 Å². The number of rotatable bonds is 5. The third kappa shape index (κ3) is 4.62. The summed E-state index contributed by atoms with van der Waals surface area (Å²) in [4.78, 5) is 24.0. The van der Waals surface area contributed by atoms with Gasteiger partial charge in [-0.25, -0.2) is 0 Å². The van der Waals surface area contributed by atoms with Gasteiger partial charge in [0.15, 0.2) is 0 Å². The number of para-hydroxylation sites is 2. The van der Waals surface area contributed by atoms with Crippen molar-refractivity contribution < 1.29 is 19.1 Å². The van der Waals surface area contributed by atoms with E-state index in [2.05, 4.69) is 10.6 Å². The van der Waals surface area contributed by atoms with Gasteiger partial charge in [0.1, 0.15) is 5.75 Å². The van der Waals surface area contributed by atoms with E-state index in [1.54, 1.807) is 31.4 Å². The molecule has 0 bridgehead atoms. The van der Waals surface area contributed by atoms with Crippen molar-refractivity contribution in [3.05, 3.63) is 24.3 Å². The lowest BCUT2D eigenvalue weighted by Crippen LogP contribution is -2.49. The van der Waals surface area contributed by atoms with Crippen molar-refractivity contribution in [3.63, 3.8) is 0 Å². The molecule has 23 heavy (non-hydrogen) atoms. The van der Waals surface area contributed by atoms with Crippen LogP contribution in [0, 0.1) is 0 Å². The molecule has 0 aromatic heterocycles. The van der Waals surface area contributed by atoms with Crippen molar-refractivity contribution in [2.75, 3.05) is 37.6 Å². The van der Waals surface area contributed by atoms with Gasteiger partial charge >= 0.3 is 11.8 Å². The molecule has 6 nitrogen and oxygen atoms in total. The Bertz CT molecular complexity index is 559. The van der Waals surface area contributed by atoms with Crippen LogP contribution in [-0.4, -0.2) is 49.7 Å². The van der Waals surface area contributed by atoms with E-state index in [-0.39, 0.29) is 5.60 Å². The lowest BCUT2D eigenvalue weighted by atomic mass is 9.96. The van der Waals surface area contributed by atoms with Crippen molar-refractivity contribution in [2.24, 2.45) is 0 Å². The zero-order chi connectivity index (χ0) is 16.7. The van der Waals surface area contributed by atoms with Crippen LogP contribution >= 0.6 is 11.8 Å². The van der Waals surface area contributed by atoms with Crippen molar-refractivity contribution >= 4 is 29.3 Å². The van der Waals surface area contributed by atoms with Gasteiger partial charge in [-0.05, 0) is 36.5 Å². The molecule has 0 saturated carbocycles. The van der Waals surface area contributed by atoms with Gasteiger partial charge in [-0.15, -0.1) is 0 Å². The summed E-state index contributed by atoms with van der Waals surface area (Å²) in [5, 5.41) is 5.23. The van der Waals surface area contributed by atoms with Crippen molar-refractivity contribution in [2.45, 2.75) is 18.4 Å². The Kier molecular flexibility index (Phi) is 6.29. The van der Waals surface area contributed by atoms with Crippen LogP contribution in [0.2, 0.25) is 0 Å². The van der Waals surface area contributed by atoms with Gasteiger partial charge in [0.25, 0.3) is 0 Å². The minimum atomic E-state index is -0.717. The molecule has 1 fully saturated rings. The molecular formula is C16H22N2O4S. The molecule has 1 heterocycles. The minimum Gasteiger partial charge on any atom is -0.495 e. The second-order valence-corrected chi connectivity index (χ2v) is 6.56. The highest BCUT2D eigenvalue weighted by molar-refractivity contribution is 7.99. The number of anilines is 1. The summed E-state index contributed by atoms with van der Waals surface area (Å²) in [5.74, 6) is 1.11. The molecule has 1 aliphatic rings. The third-order valence-electron chi connectivity index (χ3n) is 3.97. The molecule has 1 saturated heterocycles. The lowest BCUT2D eigenvalue weighted by Gasteiger charge is -2.35. The first-order valence-electron chi connectivity index (χ1n) is 7.45. The normalized spacial score (nSPS) is 16.4. The van der Waals surface area contributed by atoms with Gasteiger partial charge < -0.3 is 20.1 Å². The molecular weight excluding hydrogens is 316 g/mol. The monoisotopic (exact) mass is 338 g/mol. The van der Waals surface area contributed by atoms with E-state index in [9.17, 15) is 9.59 Å². The minimum absolute atomic E-state index is 0.336. The Morgan fingerprint density at radius 1 is 1.17 bits per heavy atom. The molecule has 0 unspecified atom stereocenters. The summed E-state index contributed by atoms with van der Waals surface area (Å²) in [6, 6.07) is 6.94. The summed E-state index contributed by atoms with van der Waals surface area (Å²) in [5.41, 5.74) is 0.0942. The van der Waals surface area contributed by atoms with Crippen LogP contribution in [0.25, 0.3) is 0 Å². The number of hydrogen-bond donors (Lipinski definition) is 2. The number of carbonyl (C=O) groups excluding carboxylic acids is 2. The molecule has 0 spiro atoms. The van der Waals surface area contributed by atoms with E-state index in [1.165, 1.54) is 7.11 Å². The topological polar surface area (TPSA) is 76.7 Å². The Balaban J connectivity index is 1.91. The molecule has 0 atom stereocenters. The quantitative estimate of drug-likeness (QED) is 0.799. The number of ether oxygens (including phenoxy) is 2. The van der Waals surface area contributed by atoms with E-state index < -0.39 is 11.8 Å². The van der Waals surface area contributed by atoms with E-state index in [0.717, 1.165) is 24.3 Å². The van der Waals surface area contributed by atoms with Gasteiger partial charge in [-0.3, -0.25) is 9.59 Å². The molecule has 1 aliphatic heterocycles. The second-order valence-electron chi connectivity index (χ2n) is 5.34. The maximum Gasteiger partial charge on any atom is 0.313 e. The summed E-state index contributed by atoms with van der Waals surface area (Å²) in [6.45, 7) is 0.336. The van der Waals surface area contributed by atoms with Crippen LogP contribution in [0.5, 0.6) is 5.75 Å². The predicted octanol–water partition coefficient (Wildman–Crippen LogP) is 1.66. The molecule has 2 N–H and O–H groups in total. The zero-order valence-corrected chi connectivity index (χ0v) is 14.2. The third-order valence-corrected chi connectivity index (χ3v) is 4.96. The second kappa shape index (κ2) is 8.21. The van der Waals surface area contributed by atoms with E-state index in [0.29, 0.717) is 18.0 Å². The highest BCUT2D eigenvalue weighted by atomic mass is 32.2. The molecule has 2 rings (SSSR count). The van der Waals surface area contributed by atoms with Crippen LogP contribution in [0.4, 0.5) is 5.69 Å². The van der Waals surface area contributed by atoms with Crippen LogP contribution in [-0.2, 0) is 14.3 Å². The summed E-state index contributed by atoms with van der Waals surface area (Å²) in [7, 11) is 3.16. The van der Waals surface area contributed by atoms with Crippen LogP contribution in [0.15, 0.2) is 24.3 Å². The SMILES string of the molecule is COc1ccccc1NC(=O)C(=O)NCC1(OC)CCSCC1. The number of methoxy groups -OCH3 is 2. The largest absolute Gasteiger partial charge is 0.495 e. The number of amides is 2. The van der Waals surface area contributed by atoms with Crippen LogP contribution in [0.1, 0.15) is 12.8 Å². The Morgan fingerprint density at radius 3 is 2.52 bits per heavy atom. The number of thioether (sulfide) groups is 1. The van der Waals surface area contributed by atoms with Crippen molar-refractivity contribution in [1.82, 2.24) is 5.32 Å². The number of nitrogens with one attached hydrogen (secondary N) is 2. The standard InChI is InChI=1S/C16H22N2O4S/c1-21-13-6-4-3-5-12(13)18-15(20)14(19)17-11-16(22-2)7-9-23-10-8-16/h3-6H,7-11H2,1-2H3,(H,17,19)(H,18,20). The Hall–Kier alpha value is -1.73. The first-order valence-corrected chi connectivity index (χ1v) is 8.61. The number of benzene rings is 1. The van der Waals surface area contributed by atoms with E-state index in [1.807, 2.05) is 11.8 Å². The first-order chi connectivity index (χ1) is 11.1. The van der Waals surface area contributed by atoms with E-state index >= 15 is 0 Å². The summed E-state index contributed by atoms with van der Waals surface area (Å²) < 4.78 is 10.7. The predicted molar refractivity (Wildman–Crippen MR) is 90.9 cm³/mol. The van der Waals surface area contributed by atoms with Gasteiger partial charge in [0.05, 0.1) is 18.4 Å². The molecule has 7 heteroatoms. The highest BCUT2D eigenvalue weighted by Crippen LogP contribution is 2.29. The number of carbonyl (C=O) groups is 2. The fourth-order valence-electron chi connectivity index (χ4n) is 2.45. The summed E-state index contributed by atoms with van der Waals surface area (Å²) >= 11 is 1.87. The van der Waals surface area contributed by atoms with E-state index in [4.69, 9.17) is 9.47 Å². The molecule has 1 aromatic carbocycles. The lowest BCUT2D eigenvalue weighted by molar-refractivity contribution is -0.137. The molecule has 126 valence electrons. The molecule has 2 amide bonds. The van der Waals surface area contributed by atoms with Gasteiger partial charge in [0, 0.05) is 13.7 Å². The average Bonchev–Trinajstić information content (AvgIpc) is 2.61. The van der Waals surface area contributed by atoms with Crippen molar-refractivity contribution in [1.29, 1.82) is 0 Å². The van der Waals surface area contributed by atoms with Gasteiger partial charge in [-0.1, -0.05) is 12.1 Å². The van der Waals surface area contributed by atoms with Crippen LogP contribution < -0.4 is 15.4 Å². The smallest absolute Gasteiger partial charge is 0.313 e. The zero-order valence-electron chi connectivity index (χ0n) is 13.4. The first kappa shape index (κ1) is 17.6. The maximum atomic E-state index is 12.0. The number of hydrogen-bond acceptors (Lipinski definition) is 5. The maximum absolute atomic E-state index is 12.0. The van der Waals surface area contributed by atoms with Gasteiger partial charge in [0.2, 0.25) is 0 Å². The Morgan fingerprint density at radius 2 is 1.87 bits per heavy atom. The molecule has 0 radical (unpaired) electrons.